The Balaban J connectivity index is 1.71. The van der Waals surface area contributed by atoms with Crippen LogP contribution in [0.2, 0.25) is 10.0 Å². The summed E-state index contributed by atoms with van der Waals surface area (Å²) in [6, 6.07) is 5.48. The zero-order valence-corrected chi connectivity index (χ0v) is 17.1. The Bertz CT molecular complexity index is 940. The smallest absolute Gasteiger partial charge is 0.368 e. The number of halogens is 8. The fourth-order valence-electron chi connectivity index (χ4n) is 3.07. The Morgan fingerprint density at radius 2 is 1.35 bits per heavy atom. The lowest BCUT2D eigenvalue weighted by Gasteiger charge is -2.36. The lowest BCUT2D eigenvalue weighted by molar-refractivity contribution is -0.143. The summed E-state index contributed by atoms with van der Waals surface area (Å²) in [5.41, 5.74) is -2.56. The number of carbonyl (C=O) groups excluding carboxylic acids is 1. The third kappa shape index (κ3) is 5.68. The molecule has 2 amide bonds. The van der Waals surface area contributed by atoms with Gasteiger partial charge in [-0.15, -0.1) is 0 Å². The summed E-state index contributed by atoms with van der Waals surface area (Å²) in [7, 11) is 0. The van der Waals surface area contributed by atoms with E-state index in [4.69, 9.17) is 23.2 Å². The monoisotopic (exact) mass is 485 g/mol. The maximum atomic E-state index is 13.1. The quantitative estimate of drug-likeness (QED) is 0.500. The summed E-state index contributed by atoms with van der Waals surface area (Å²) < 4.78 is 78.4. The van der Waals surface area contributed by atoms with Crippen LogP contribution in [0.1, 0.15) is 11.1 Å². The van der Waals surface area contributed by atoms with Crippen LogP contribution in [0.4, 0.5) is 42.5 Å². The Labute approximate surface area is 183 Å². The van der Waals surface area contributed by atoms with Gasteiger partial charge < -0.3 is 15.1 Å². The molecule has 168 valence electrons. The largest absolute Gasteiger partial charge is 0.416 e. The molecule has 1 N–H and O–H groups in total. The van der Waals surface area contributed by atoms with Crippen molar-refractivity contribution in [3.63, 3.8) is 0 Å². The molecule has 1 heterocycles. The molecule has 0 radical (unpaired) electrons. The summed E-state index contributed by atoms with van der Waals surface area (Å²) in [6.45, 7) is 0.330. The first-order valence-corrected chi connectivity index (χ1v) is 9.65. The fraction of sp³-hybridized carbons (Fsp3) is 0.316. The SMILES string of the molecule is O=C(Nc1ccc(Cl)c(Cl)c1)N1CCN(c2cc(C(F)(F)F)cc(C(F)(F)F)c2)CC1. The Kier molecular flexibility index (Phi) is 6.52. The number of anilines is 2. The van der Waals surface area contributed by atoms with Crippen molar-refractivity contribution in [3.8, 4) is 0 Å². The van der Waals surface area contributed by atoms with Crippen LogP contribution >= 0.6 is 23.2 Å². The van der Waals surface area contributed by atoms with Gasteiger partial charge in [-0.1, -0.05) is 23.2 Å². The number of amides is 2. The van der Waals surface area contributed by atoms with Gasteiger partial charge in [0.15, 0.2) is 0 Å². The standard InChI is InChI=1S/C19H15Cl2F6N3O/c20-15-2-1-13(10-16(15)21)28-17(31)30-5-3-29(4-6-30)14-8-11(18(22,23)24)7-12(9-14)19(25,26)27/h1-2,7-10H,3-6H2,(H,28,31). The minimum atomic E-state index is -4.92. The molecule has 31 heavy (non-hydrogen) atoms. The summed E-state index contributed by atoms with van der Waals surface area (Å²) in [5, 5.41) is 3.18. The van der Waals surface area contributed by atoms with E-state index >= 15 is 0 Å². The highest BCUT2D eigenvalue weighted by atomic mass is 35.5. The van der Waals surface area contributed by atoms with Crippen LogP contribution in [0.3, 0.4) is 0 Å². The third-order valence-electron chi connectivity index (χ3n) is 4.68. The molecule has 0 saturated carbocycles. The number of benzene rings is 2. The van der Waals surface area contributed by atoms with Gasteiger partial charge in [0.2, 0.25) is 0 Å². The van der Waals surface area contributed by atoms with Crippen molar-refractivity contribution in [1.29, 1.82) is 0 Å². The van der Waals surface area contributed by atoms with Gasteiger partial charge in [-0.3, -0.25) is 0 Å². The molecule has 1 aliphatic heterocycles. The molecule has 0 bridgehead atoms. The number of rotatable bonds is 2. The first-order valence-electron chi connectivity index (χ1n) is 8.90. The number of urea groups is 1. The van der Waals surface area contributed by atoms with Crippen molar-refractivity contribution in [2.24, 2.45) is 0 Å². The van der Waals surface area contributed by atoms with Crippen LogP contribution in [-0.4, -0.2) is 37.1 Å². The molecule has 0 aliphatic carbocycles. The zero-order valence-electron chi connectivity index (χ0n) is 15.6. The normalized spacial score (nSPS) is 15.2. The highest BCUT2D eigenvalue weighted by Gasteiger charge is 2.37. The van der Waals surface area contributed by atoms with Crippen LogP contribution < -0.4 is 10.2 Å². The van der Waals surface area contributed by atoms with E-state index in [9.17, 15) is 31.1 Å². The predicted octanol–water partition coefficient (Wildman–Crippen LogP) is 6.39. The number of nitrogens with one attached hydrogen (secondary N) is 1. The van der Waals surface area contributed by atoms with Crippen molar-refractivity contribution < 1.29 is 31.1 Å². The van der Waals surface area contributed by atoms with Gasteiger partial charge in [-0.25, -0.2) is 4.79 Å². The first kappa shape index (κ1) is 23.3. The molecule has 1 aliphatic rings. The molecule has 12 heteroatoms. The Morgan fingerprint density at radius 3 is 1.84 bits per heavy atom. The minimum absolute atomic E-state index is 0.0629. The molecule has 0 unspecified atom stereocenters. The third-order valence-corrected chi connectivity index (χ3v) is 5.41. The van der Waals surface area contributed by atoms with Crippen molar-refractivity contribution in [1.82, 2.24) is 4.90 Å². The zero-order chi connectivity index (χ0) is 23.0. The maximum Gasteiger partial charge on any atom is 0.416 e. The van der Waals surface area contributed by atoms with E-state index in [2.05, 4.69) is 5.32 Å². The lowest BCUT2D eigenvalue weighted by atomic mass is 10.1. The molecule has 0 atom stereocenters. The van der Waals surface area contributed by atoms with Crippen LogP contribution in [0.25, 0.3) is 0 Å². The summed E-state index contributed by atoms with van der Waals surface area (Å²) in [5.74, 6) is 0. The van der Waals surface area contributed by atoms with Gasteiger partial charge in [-0.05, 0) is 36.4 Å². The van der Waals surface area contributed by atoms with E-state index in [-0.39, 0.29) is 43.0 Å². The van der Waals surface area contributed by atoms with E-state index < -0.39 is 29.5 Å². The molecule has 2 aromatic carbocycles. The van der Waals surface area contributed by atoms with Crippen LogP contribution in [0.15, 0.2) is 36.4 Å². The molecule has 0 spiro atoms. The molecule has 1 fully saturated rings. The molecule has 0 aromatic heterocycles. The van der Waals surface area contributed by atoms with Crippen molar-refractivity contribution in [3.05, 3.63) is 57.6 Å². The van der Waals surface area contributed by atoms with Crippen molar-refractivity contribution in [2.75, 3.05) is 36.4 Å². The van der Waals surface area contributed by atoms with E-state index in [1.165, 1.54) is 21.9 Å². The second-order valence-corrected chi connectivity index (χ2v) is 7.61. The van der Waals surface area contributed by atoms with Crippen LogP contribution in [0.5, 0.6) is 0 Å². The maximum absolute atomic E-state index is 13.1. The van der Waals surface area contributed by atoms with Gasteiger partial charge in [0.25, 0.3) is 0 Å². The van der Waals surface area contributed by atoms with Crippen molar-refractivity contribution >= 4 is 40.6 Å². The highest BCUT2D eigenvalue weighted by Crippen LogP contribution is 2.38. The molecular formula is C19H15Cl2F6N3O. The molecular weight excluding hydrogens is 471 g/mol. The summed E-state index contributed by atoms with van der Waals surface area (Å²) in [4.78, 5) is 15.2. The highest BCUT2D eigenvalue weighted by molar-refractivity contribution is 6.42. The van der Waals surface area contributed by atoms with Crippen LogP contribution in [-0.2, 0) is 12.4 Å². The average molecular weight is 486 g/mol. The van der Waals surface area contributed by atoms with Gasteiger partial charge in [0, 0.05) is 37.6 Å². The van der Waals surface area contributed by atoms with Gasteiger partial charge in [0.05, 0.1) is 21.2 Å². The van der Waals surface area contributed by atoms with E-state index in [0.29, 0.717) is 22.8 Å². The van der Waals surface area contributed by atoms with Crippen LogP contribution in [0, 0.1) is 0 Å². The first-order chi connectivity index (χ1) is 14.3. The molecule has 3 rings (SSSR count). The lowest BCUT2D eigenvalue weighted by Crippen LogP contribution is -2.50. The number of nitrogens with zero attached hydrogens (tertiary/aromatic N) is 2. The second kappa shape index (κ2) is 8.66. The van der Waals surface area contributed by atoms with E-state index in [1.807, 2.05) is 0 Å². The predicted molar refractivity (Wildman–Crippen MR) is 106 cm³/mol. The van der Waals surface area contributed by atoms with E-state index in [1.54, 1.807) is 6.07 Å². The summed E-state index contributed by atoms with van der Waals surface area (Å²) >= 11 is 11.7. The number of hydrogen-bond donors (Lipinski definition) is 1. The second-order valence-electron chi connectivity index (χ2n) is 6.80. The van der Waals surface area contributed by atoms with Gasteiger partial charge >= 0.3 is 18.4 Å². The summed E-state index contributed by atoms with van der Waals surface area (Å²) in [6.07, 6.45) is -9.84. The molecule has 1 saturated heterocycles. The van der Waals surface area contributed by atoms with Gasteiger partial charge in [0.1, 0.15) is 0 Å². The molecule has 2 aromatic rings. The topological polar surface area (TPSA) is 35.6 Å². The van der Waals surface area contributed by atoms with Crippen molar-refractivity contribution in [2.45, 2.75) is 12.4 Å². The Hall–Kier alpha value is -2.33. The number of alkyl halides is 6. The van der Waals surface area contributed by atoms with E-state index in [0.717, 1.165) is 0 Å². The number of hydrogen-bond acceptors (Lipinski definition) is 2. The fourth-order valence-corrected chi connectivity index (χ4v) is 3.36. The average Bonchev–Trinajstić information content (AvgIpc) is 2.69. The molecule has 4 nitrogen and oxygen atoms in total. The van der Waals surface area contributed by atoms with Gasteiger partial charge in [-0.2, -0.15) is 26.3 Å². The number of carbonyl (C=O) groups is 1. The minimum Gasteiger partial charge on any atom is -0.368 e. The Morgan fingerprint density at radius 1 is 0.806 bits per heavy atom. The number of piperazine rings is 1.